The van der Waals surface area contributed by atoms with Gasteiger partial charge in [-0.15, -0.1) is 0 Å². The van der Waals surface area contributed by atoms with Gasteiger partial charge < -0.3 is 4.74 Å². The molecule has 0 aliphatic heterocycles. The molecule has 0 aromatic carbocycles. The van der Waals surface area contributed by atoms with Crippen LogP contribution < -0.4 is 0 Å². The van der Waals surface area contributed by atoms with Crippen LogP contribution in [0.5, 0.6) is 0 Å². The van der Waals surface area contributed by atoms with E-state index in [-0.39, 0.29) is 10.8 Å². The third-order valence-electron chi connectivity index (χ3n) is 2.60. The summed E-state index contributed by atoms with van der Waals surface area (Å²) < 4.78 is 4.70. The van der Waals surface area contributed by atoms with E-state index in [1.54, 1.807) is 26.1 Å². The highest BCUT2D eigenvalue weighted by molar-refractivity contribution is 7.99. The Bertz CT molecular complexity index is 710. The highest BCUT2D eigenvalue weighted by atomic mass is 35.5. The van der Waals surface area contributed by atoms with Gasteiger partial charge in [0.25, 0.3) is 0 Å². The number of hydrogen-bond donors (Lipinski definition) is 0. The maximum atomic E-state index is 11.7. The summed E-state index contributed by atoms with van der Waals surface area (Å²) in [5.74, 6) is -0.527. The van der Waals surface area contributed by atoms with Crippen molar-refractivity contribution >= 4 is 40.9 Å². The second kappa shape index (κ2) is 6.60. The summed E-state index contributed by atoms with van der Waals surface area (Å²) in [5, 5.41) is 1.11. The van der Waals surface area contributed by atoms with Gasteiger partial charge in [0.05, 0.1) is 23.5 Å². The average molecular weight is 344 g/mol. The highest BCUT2D eigenvalue weighted by Crippen LogP contribution is 2.36. The molecule has 0 amide bonds. The Morgan fingerprint density at radius 1 is 1.24 bits per heavy atom. The fourth-order valence-corrected chi connectivity index (χ4v) is 2.88. The second-order valence-electron chi connectivity index (χ2n) is 4.06. The Morgan fingerprint density at radius 3 is 2.62 bits per heavy atom. The molecule has 110 valence electrons. The maximum absolute atomic E-state index is 11.7. The van der Waals surface area contributed by atoms with Crippen molar-refractivity contribution in [3.05, 3.63) is 39.5 Å². The average Bonchev–Trinajstić information content (AvgIpc) is 2.45. The number of halogens is 2. The molecule has 0 spiro atoms. The predicted molar refractivity (Wildman–Crippen MR) is 81.2 cm³/mol. The van der Waals surface area contributed by atoms with Crippen molar-refractivity contribution in [1.82, 2.24) is 15.0 Å². The molecule has 0 saturated carbocycles. The minimum atomic E-state index is -0.527. The Labute approximate surface area is 136 Å². The van der Waals surface area contributed by atoms with Crippen molar-refractivity contribution < 1.29 is 9.53 Å². The Hall–Kier alpha value is -1.37. The van der Waals surface area contributed by atoms with E-state index in [2.05, 4.69) is 15.0 Å². The van der Waals surface area contributed by atoms with Gasteiger partial charge in [-0.3, -0.25) is 4.98 Å². The Kier molecular flexibility index (Phi) is 5.03. The zero-order chi connectivity index (χ0) is 15.6. The molecule has 0 fully saturated rings. The molecule has 2 aromatic rings. The van der Waals surface area contributed by atoms with Crippen LogP contribution in [0.4, 0.5) is 0 Å². The van der Waals surface area contributed by atoms with Gasteiger partial charge >= 0.3 is 5.97 Å². The molecule has 0 N–H and O–H groups in total. The molecule has 5 nitrogen and oxygen atoms in total. The summed E-state index contributed by atoms with van der Waals surface area (Å²) in [6, 6.07) is 1.72. The van der Waals surface area contributed by atoms with Gasteiger partial charge in [0.1, 0.15) is 10.2 Å². The van der Waals surface area contributed by atoms with E-state index in [1.165, 1.54) is 18.9 Å². The summed E-state index contributed by atoms with van der Waals surface area (Å²) in [6.07, 6.45) is 1.55. The fraction of sp³-hybridized carbons (Fsp3) is 0.231. The molecule has 0 saturated heterocycles. The largest absolute Gasteiger partial charge is 0.464 e. The summed E-state index contributed by atoms with van der Waals surface area (Å²) in [7, 11) is 1.30. The molecule has 0 unspecified atom stereocenters. The van der Waals surface area contributed by atoms with Gasteiger partial charge in [0.15, 0.2) is 5.69 Å². The molecular formula is C13H11Cl2N3O2S. The first-order valence-electron chi connectivity index (χ1n) is 5.85. The number of nitrogens with zero attached hydrogens (tertiary/aromatic N) is 3. The van der Waals surface area contributed by atoms with E-state index >= 15 is 0 Å². The lowest BCUT2D eigenvalue weighted by Crippen LogP contribution is -2.10. The van der Waals surface area contributed by atoms with Crippen molar-refractivity contribution in [1.29, 1.82) is 0 Å². The van der Waals surface area contributed by atoms with E-state index in [1.807, 2.05) is 0 Å². The number of aromatic nitrogens is 3. The third-order valence-corrected chi connectivity index (χ3v) is 4.62. The van der Waals surface area contributed by atoms with Gasteiger partial charge in [-0.2, -0.15) is 0 Å². The molecule has 0 atom stereocenters. The van der Waals surface area contributed by atoms with E-state index < -0.39 is 5.97 Å². The van der Waals surface area contributed by atoms with Crippen LogP contribution in [0.25, 0.3) is 0 Å². The number of pyridine rings is 1. The standard InChI is InChI=1S/C13H11Cl2N3O2S/c1-6-10(13(19)20-3)18-12(7(2)17-6)21-8-4-5-16-11(15)9(8)14/h4-5H,1-3H3. The number of methoxy groups -OCH3 is 1. The van der Waals surface area contributed by atoms with Gasteiger partial charge in [0.2, 0.25) is 0 Å². The fourth-order valence-electron chi connectivity index (χ4n) is 1.59. The van der Waals surface area contributed by atoms with Crippen molar-refractivity contribution in [2.24, 2.45) is 0 Å². The SMILES string of the molecule is COC(=O)c1nc(Sc2ccnc(Cl)c2Cl)c(C)nc1C. The molecule has 2 heterocycles. The number of esters is 1. The van der Waals surface area contributed by atoms with Crippen LogP contribution in [-0.4, -0.2) is 28.0 Å². The number of rotatable bonds is 3. The summed E-state index contributed by atoms with van der Waals surface area (Å²) in [6.45, 7) is 3.51. The number of carbonyl (C=O) groups is 1. The number of carbonyl (C=O) groups excluding carboxylic acids is 1. The molecular weight excluding hydrogens is 333 g/mol. The van der Waals surface area contributed by atoms with Crippen molar-refractivity contribution in [2.45, 2.75) is 23.8 Å². The predicted octanol–water partition coefficient (Wildman–Crippen LogP) is 3.73. The smallest absolute Gasteiger partial charge is 0.358 e. The minimum absolute atomic E-state index is 0.182. The first-order valence-corrected chi connectivity index (χ1v) is 7.42. The lowest BCUT2D eigenvalue weighted by molar-refractivity contribution is 0.0591. The van der Waals surface area contributed by atoms with E-state index in [9.17, 15) is 4.79 Å². The van der Waals surface area contributed by atoms with E-state index in [0.717, 1.165) is 0 Å². The summed E-state index contributed by atoms with van der Waals surface area (Å²) >= 11 is 13.3. The first-order chi connectivity index (χ1) is 9.93. The van der Waals surface area contributed by atoms with Crippen LogP contribution >= 0.6 is 35.0 Å². The molecule has 0 bridgehead atoms. The lowest BCUT2D eigenvalue weighted by Gasteiger charge is -2.09. The third kappa shape index (κ3) is 3.45. The number of hydrogen-bond acceptors (Lipinski definition) is 6. The van der Waals surface area contributed by atoms with Crippen LogP contribution in [0.15, 0.2) is 22.2 Å². The molecule has 0 aliphatic carbocycles. The molecule has 2 rings (SSSR count). The zero-order valence-electron chi connectivity index (χ0n) is 11.5. The first kappa shape index (κ1) is 16.0. The van der Waals surface area contributed by atoms with Gasteiger partial charge in [-0.1, -0.05) is 35.0 Å². The van der Waals surface area contributed by atoms with Crippen molar-refractivity contribution in [3.63, 3.8) is 0 Å². The van der Waals surface area contributed by atoms with Crippen LogP contribution in [0.3, 0.4) is 0 Å². The van der Waals surface area contributed by atoms with Crippen LogP contribution in [0, 0.1) is 13.8 Å². The van der Waals surface area contributed by atoms with Crippen LogP contribution in [0.2, 0.25) is 10.2 Å². The Morgan fingerprint density at radius 2 is 1.95 bits per heavy atom. The minimum Gasteiger partial charge on any atom is -0.464 e. The van der Waals surface area contributed by atoms with Gasteiger partial charge in [-0.25, -0.2) is 14.8 Å². The highest BCUT2D eigenvalue weighted by Gasteiger charge is 2.17. The lowest BCUT2D eigenvalue weighted by atomic mass is 10.3. The molecule has 21 heavy (non-hydrogen) atoms. The van der Waals surface area contributed by atoms with Crippen molar-refractivity contribution in [3.8, 4) is 0 Å². The molecule has 8 heteroatoms. The topological polar surface area (TPSA) is 65.0 Å². The van der Waals surface area contributed by atoms with Crippen LogP contribution in [0.1, 0.15) is 21.9 Å². The number of ether oxygens (including phenoxy) is 1. The number of aryl methyl sites for hydroxylation is 2. The second-order valence-corrected chi connectivity index (χ2v) is 5.82. The Balaban J connectivity index is 2.44. The van der Waals surface area contributed by atoms with Crippen LogP contribution in [-0.2, 0) is 4.74 Å². The van der Waals surface area contributed by atoms with Crippen molar-refractivity contribution in [2.75, 3.05) is 7.11 Å². The van der Waals surface area contributed by atoms with E-state index in [0.29, 0.717) is 26.3 Å². The van der Waals surface area contributed by atoms with Gasteiger partial charge in [0, 0.05) is 11.1 Å². The summed E-state index contributed by atoms with van der Waals surface area (Å²) in [5.41, 5.74) is 1.39. The normalized spacial score (nSPS) is 10.5. The quantitative estimate of drug-likeness (QED) is 0.624. The zero-order valence-corrected chi connectivity index (χ0v) is 13.8. The summed E-state index contributed by atoms with van der Waals surface area (Å²) in [4.78, 5) is 24.9. The molecule has 0 radical (unpaired) electrons. The molecule has 0 aliphatic rings. The molecule has 2 aromatic heterocycles. The maximum Gasteiger partial charge on any atom is 0.358 e. The van der Waals surface area contributed by atoms with E-state index in [4.69, 9.17) is 27.9 Å². The monoisotopic (exact) mass is 343 g/mol. The van der Waals surface area contributed by atoms with Gasteiger partial charge in [-0.05, 0) is 19.9 Å².